The summed E-state index contributed by atoms with van der Waals surface area (Å²) in [6, 6.07) is 17.3. The molecule has 0 atom stereocenters. The van der Waals surface area contributed by atoms with Gasteiger partial charge < -0.3 is 19.9 Å². The molecule has 2 aliphatic rings. The molecule has 3 aromatic rings. The summed E-state index contributed by atoms with van der Waals surface area (Å²) in [5.41, 5.74) is 3.70. The zero-order valence-corrected chi connectivity index (χ0v) is 18.2. The highest BCUT2D eigenvalue weighted by atomic mass is 16.5. The highest BCUT2D eigenvalue weighted by Gasteiger charge is 2.35. The van der Waals surface area contributed by atoms with Gasteiger partial charge in [-0.3, -0.25) is 4.79 Å². The van der Waals surface area contributed by atoms with E-state index in [-0.39, 0.29) is 11.4 Å². The largest absolute Gasteiger partial charge is 0.497 e. The molecule has 1 heterocycles. The lowest BCUT2D eigenvalue weighted by Crippen LogP contribution is -2.39. The van der Waals surface area contributed by atoms with Crippen molar-refractivity contribution in [3.8, 4) is 5.75 Å². The number of ether oxygens (including phenoxy) is 1. The predicted molar refractivity (Wildman–Crippen MR) is 123 cm³/mol. The first-order valence-electron chi connectivity index (χ1n) is 11.4. The van der Waals surface area contributed by atoms with Crippen molar-refractivity contribution in [3.63, 3.8) is 0 Å². The Hall–Kier alpha value is -2.79. The summed E-state index contributed by atoms with van der Waals surface area (Å²) in [4.78, 5) is 12.4. The maximum atomic E-state index is 12.4. The Morgan fingerprint density at radius 1 is 1.10 bits per heavy atom. The lowest BCUT2D eigenvalue weighted by molar-refractivity contribution is -0.121. The van der Waals surface area contributed by atoms with E-state index in [1.54, 1.807) is 7.11 Å². The van der Waals surface area contributed by atoms with Crippen molar-refractivity contribution >= 4 is 16.8 Å². The summed E-state index contributed by atoms with van der Waals surface area (Å²) in [5, 5.41) is 8.24. The molecule has 1 aromatic heterocycles. The van der Waals surface area contributed by atoms with Gasteiger partial charge in [-0.15, -0.1) is 0 Å². The number of para-hydroxylation sites is 1. The average Bonchev–Trinajstić information content (AvgIpc) is 3.36. The van der Waals surface area contributed by atoms with Crippen molar-refractivity contribution in [2.45, 2.75) is 63.2 Å². The highest BCUT2D eigenvalue weighted by molar-refractivity contribution is 5.86. The van der Waals surface area contributed by atoms with Crippen molar-refractivity contribution in [1.29, 1.82) is 0 Å². The smallest absolute Gasteiger partial charge is 0.240 e. The second kappa shape index (κ2) is 8.39. The number of carbonyl (C=O) groups is 1. The minimum absolute atomic E-state index is 0.00117. The third kappa shape index (κ3) is 4.19. The number of aromatic nitrogens is 1. The molecule has 0 saturated heterocycles. The van der Waals surface area contributed by atoms with E-state index in [4.69, 9.17) is 4.74 Å². The summed E-state index contributed by atoms with van der Waals surface area (Å²) < 4.78 is 7.44. The zero-order chi connectivity index (χ0) is 21.3. The lowest BCUT2D eigenvalue weighted by Gasteiger charge is -2.31. The number of rotatable bonds is 8. The normalized spacial score (nSPS) is 17.7. The van der Waals surface area contributed by atoms with Gasteiger partial charge in [-0.25, -0.2) is 0 Å². The van der Waals surface area contributed by atoms with Crippen molar-refractivity contribution in [3.05, 3.63) is 65.9 Å². The van der Waals surface area contributed by atoms with Gasteiger partial charge in [0.15, 0.2) is 0 Å². The fourth-order valence-corrected chi connectivity index (χ4v) is 4.97. The predicted octanol–water partition coefficient (Wildman–Crippen LogP) is 4.49. The molecule has 31 heavy (non-hydrogen) atoms. The van der Waals surface area contributed by atoms with Crippen LogP contribution in [0.15, 0.2) is 54.7 Å². The van der Waals surface area contributed by atoms with E-state index >= 15 is 0 Å². The van der Waals surface area contributed by atoms with E-state index < -0.39 is 0 Å². The molecule has 2 aliphatic carbocycles. The molecule has 0 spiro atoms. The molecule has 2 N–H and O–H groups in total. The number of methoxy groups -OCH3 is 1. The molecule has 162 valence electrons. The average molecular weight is 418 g/mol. The van der Waals surface area contributed by atoms with Crippen LogP contribution in [-0.2, 0) is 23.4 Å². The third-order valence-electron chi connectivity index (χ3n) is 6.84. The standard InChI is InChI=1S/C26H31N3O2/c1-31-22-12-8-20(9-13-22)26(14-4-5-15-26)27-16-19-17-29(18-25(30)28-21-10-11-21)24-7-3-2-6-23(19)24/h2-3,6-9,12-13,17,21,27H,4-5,10-11,14-16,18H2,1H3,(H,28,30). The molecule has 2 saturated carbocycles. The van der Waals surface area contributed by atoms with Crippen LogP contribution in [0.3, 0.4) is 0 Å². The van der Waals surface area contributed by atoms with Crippen molar-refractivity contribution in [1.82, 2.24) is 15.2 Å². The van der Waals surface area contributed by atoms with Crippen LogP contribution >= 0.6 is 0 Å². The molecule has 0 bridgehead atoms. The van der Waals surface area contributed by atoms with E-state index in [0.717, 1.165) is 43.5 Å². The molecule has 5 nitrogen and oxygen atoms in total. The molecule has 5 heteroatoms. The number of fused-ring (bicyclic) bond motifs is 1. The Labute approximate surface area is 183 Å². The first kappa shape index (κ1) is 20.1. The Balaban J connectivity index is 1.38. The highest BCUT2D eigenvalue weighted by Crippen LogP contribution is 2.40. The van der Waals surface area contributed by atoms with Gasteiger partial charge in [0.1, 0.15) is 12.3 Å². The molecule has 0 unspecified atom stereocenters. The SMILES string of the molecule is COc1ccc(C2(NCc3cn(CC(=O)NC4CC4)c4ccccc34)CCCC2)cc1. The number of nitrogens with zero attached hydrogens (tertiary/aromatic N) is 1. The van der Waals surface area contributed by atoms with Crippen molar-refractivity contribution in [2.24, 2.45) is 0 Å². The fourth-order valence-electron chi connectivity index (χ4n) is 4.97. The number of carbonyl (C=O) groups excluding carboxylic acids is 1. The van der Waals surface area contributed by atoms with Crippen LogP contribution < -0.4 is 15.4 Å². The monoisotopic (exact) mass is 417 g/mol. The number of hydrogen-bond donors (Lipinski definition) is 2. The van der Waals surface area contributed by atoms with Gasteiger partial charge in [-0.05, 0) is 55.0 Å². The molecule has 2 fully saturated rings. The minimum atomic E-state index is -0.00117. The Bertz CT molecular complexity index is 1060. The van der Waals surface area contributed by atoms with Crippen LogP contribution in [0.25, 0.3) is 10.9 Å². The molecule has 5 rings (SSSR count). The fraction of sp³-hybridized carbons (Fsp3) is 0.423. The molecule has 0 radical (unpaired) electrons. The number of amides is 1. The number of hydrogen-bond acceptors (Lipinski definition) is 3. The first-order valence-corrected chi connectivity index (χ1v) is 11.4. The number of nitrogens with one attached hydrogen (secondary N) is 2. The van der Waals surface area contributed by atoms with E-state index in [1.165, 1.54) is 29.4 Å². The van der Waals surface area contributed by atoms with Gasteiger partial charge in [-0.1, -0.05) is 43.2 Å². The lowest BCUT2D eigenvalue weighted by atomic mass is 9.88. The third-order valence-corrected chi connectivity index (χ3v) is 6.84. The van der Waals surface area contributed by atoms with Gasteiger partial charge in [0.05, 0.1) is 7.11 Å². The van der Waals surface area contributed by atoms with Gasteiger partial charge in [0.2, 0.25) is 5.91 Å². The van der Waals surface area contributed by atoms with Crippen LogP contribution in [-0.4, -0.2) is 23.6 Å². The zero-order valence-electron chi connectivity index (χ0n) is 18.2. The second-order valence-electron chi connectivity index (χ2n) is 9.01. The van der Waals surface area contributed by atoms with E-state index in [1.807, 2.05) is 6.07 Å². The first-order chi connectivity index (χ1) is 15.2. The van der Waals surface area contributed by atoms with Crippen LogP contribution in [0.4, 0.5) is 0 Å². The number of benzene rings is 2. The van der Waals surface area contributed by atoms with Gasteiger partial charge >= 0.3 is 0 Å². The Morgan fingerprint density at radius 2 is 1.84 bits per heavy atom. The summed E-state index contributed by atoms with van der Waals surface area (Å²) in [7, 11) is 1.71. The van der Waals surface area contributed by atoms with E-state index in [0.29, 0.717) is 12.6 Å². The Kier molecular flexibility index (Phi) is 5.45. The maximum Gasteiger partial charge on any atom is 0.240 e. The summed E-state index contributed by atoms with van der Waals surface area (Å²) in [6.07, 6.45) is 9.14. The van der Waals surface area contributed by atoms with Gasteiger partial charge in [0, 0.05) is 35.2 Å². The summed E-state index contributed by atoms with van der Waals surface area (Å²) in [5.74, 6) is 0.998. The van der Waals surface area contributed by atoms with E-state index in [9.17, 15) is 4.79 Å². The quantitative estimate of drug-likeness (QED) is 0.568. The van der Waals surface area contributed by atoms with Gasteiger partial charge in [0.25, 0.3) is 0 Å². The van der Waals surface area contributed by atoms with Crippen molar-refractivity contribution in [2.75, 3.05) is 7.11 Å². The van der Waals surface area contributed by atoms with Crippen molar-refractivity contribution < 1.29 is 9.53 Å². The maximum absolute atomic E-state index is 12.4. The summed E-state index contributed by atoms with van der Waals surface area (Å²) >= 11 is 0. The minimum Gasteiger partial charge on any atom is -0.497 e. The molecule has 1 amide bonds. The van der Waals surface area contributed by atoms with Crippen LogP contribution in [0.1, 0.15) is 49.7 Å². The topological polar surface area (TPSA) is 55.3 Å². The van der Waals surface area contributed by atoms with Crippen LogP contribution in [0.2, 0.25) is 0 Å². The van der Waals surface area contributed by atoms with E-state index in [2.05, 4.69) is 63.9 Å². The summed E-state index contributed by atoms with van der Waals surface area (Å²) in [6.45, 7) is 1.16. The molecular formula is C26H31N3O2. The molecule has 0 aliphatic heterocycles. The molecule has 2 aromatic carbocycles. The Morgan fingerprint density at radius 3 is 2.55 bits per heavy atom. The molecular weight excluding hydrogens is 386 g/mol. The van der Waals surface area contributed by atoms with Crippen LogP contribution in [0, 0.1) is 0 Å². The second-order valence-corrected chi connectivity index (χ2v) is 9.01. The van der Waals surface area contributed by atoms with Gasteiger partial charge in [-0.2, -0.15) is 0 Å². The van der Waals surface area contributed by atoms with Crippen LogP contribution in [0.5, 0.6) is 5.75 Å².